The number of nitrogens with zero attached hydrogens (tertiary/aromatic N) is 4. The third-order valence-corrected chi connectivity index (χ3v) is 6.18. The van der Waals surface area contributed by atoms with Crippen LogP contribution in [0, 0.1) is 0 Å². The molecule has 9 nitrogen and oxygen atoms in total. The first-order chi connectivity index (χ1) is 13.5. The highest BCUT2D eigenvalue weighted by Gasteiger charge is 2.53. The van der Waals surface area contributed by atoms with Crippen molar-refractivity contribution in [3.8, 4) is 0 Å². The van der Waals surface area contributed by atoms with Crippen molar-refractivity contribution in [3.05, 3.63) is 35.4 Å². The molecule has 1 fully saturated rings. The molecule has 1 aromatic rings. The van der Waals surface area contributed by atoms with Crippen molar-refractivity contribution >= 4 is 17.9 Å². The van der Waals surface area contributed by atoms with Gasteiger partial charge in [-0.05, 0) is 24.0 Å². The van der Waals surface area contributed by atoms with Crippen LogP contribution in [0.4, 0.5) is 0 Å². The van der Waals surface area contributed by atoms with Crippen LogP contribution in [0.25, 0.3) is 0 Å². The van der Waals surface area contributed by atoms with Gasteiger partial charge in [-0.25, -0.2) is 9.98 Å². The van der Waals surface area contributed by atoms with E-state index >= 15 is 0 Å². The highest BCUT2D eigenvalue weighted by molar-refractivity contribution is 6.47. The van der Waals surface area contributed by atoms with Gasteiger partial charge >= 0.3 is 0 Å². The number of amidine groups is 1. The Bertz CT molecular complexity index is 887. The fraction of sp³-hybridized carbons (Fsp3) is 0.526. The van der Waals surface area contributed by atoms with E-state index in [4.69, 9.17) is 10.5 Å². The van der Waals surface area contributed by atoms with Crippen molar-refractivity contribution in [2.75, 3.05) is 13.3 Å². The van der Waals surface area contributed by atoms with Crippen LogP contribution in [-0.2, 0) is 11.2 Å². The van der Waals surface area contributed by atoms with E-state index in [2.05, 4.69) is 27.1 Å². The SMILES string of the molecule is N[C@]1(C2CCc3ccccc32)N=CN=C2C1=NCN2[C@@H]1O[C@H](CO)[C@@H](O)[C@H]1O. The minimum absolute atomic E-state index is 0.0191. The number of aliphatic imine (C=N–C) groups is 3. The second kappa shape index (κ2) is 6.43. The Labute approximate surface area is 161 Å². The Morgan fingerprint density at radius 1 is 1.25 bits per heavy atom. The van der Waals surface area contributed by atoms with Crippen LogP contribution in [0.2, 0.25) is 0 Å². The number of aryl methyl sites for hydroxylation is 1. The molecule has 0 aromatic heterocycles. The second-order valence-corrected chi connectivity index (χ2v) is 7.66. The molecule has 1 aliphatic carbocycles. The molecule has 9 heteroatoms. The Morgan fingerprint density at radius 3 is 2.86 bits per heavy atom. The number of hydrogen-bond acceptors (Lipinski definition) is 9. The molecular formula is C19H23N5O4. The molecule has 0 saturated carbocycles. The summed E-state index contributed by atoms with van der Waals surface area (Å²) in [6.45, 7) is -0.193. The van der Waals surface area contributed by atoms with Gasteiger partial charge in [0.15, 0.2) is 17.7 Å². The lowest BCUT2D eigenvalue weighted by Crippen LogP contribution is -2.58. The van der Waals surface area contributed by atoms with Gasteiger partial charge in [-0.3, -0.25) is 4.99 Å². The predicted octanol–water partition coefficient (Wildman–Crippen LogP) is -1.04. The third kappa shape index (κ3) is 2.41. The van der Waals surface area contributed by atoms with Gasteiger partial charge in [0.1, 0.15) is 37.0 Å². The largest absolute Gasteiger partial charge is 0.394 e. The molecular weight excluding hydrogens is 362 g/mol. The van der Waals surface area contributed by atoms with E-state index in [0.29, 0.717) is 11.5 Å². The van der Waals surface area contributed by atoms with E-state index in [1.165, 1.54) is 17.5 Å². The summed E-state index contributed by atoms with van der Waals surface area (Å²) in [5, 5.41) is 29.8. The number of fused-ring (bicyclic) bond motifs is 2. The number of aliphatic hydroxyl groups is 3. The highest BCUT2D eigenvalue weighted by atomic mass is 16.6. The smallest absolute Gasteiger partial charge is 0.162 e. The van der Waals surface area contributed by atoms with Gasteiger partial charge in [-0.1, -0.05) is 24.3 Å². The Kier molecular flexibility index (Phi) is 4.11. The zero-order valence-electron chi connectivity index (χ0n) is 15.2. The quantitative estimate of drug-likeness (QED) is 0.525. The standard InChI is InChI=1S/C19H23N5O4/c20-19(12-6-5-10-3-1-2-4-11(10)12)16-17(21-8-23-19)24(9-22-16)18-15(27)14(26)13(7-25)28-18/h1-4,8,12-15,18,25-27H,5-7,9,20H2/t12?,13-,14-,15-,18-,19-/m1/s1. The van der Waals surface area contributed by atoms with Crippen molar-refractivity contribution in [1.29, 1.82) is 0 Å². The van der Waals surface area contributed by atoms with E-state index in [1.807, 2.05) is 12.1 Å². The van der Waals surface area contributed by atoms with Crippen molar-refractivity contribution in [3.63, 3.8) is 0 Å². The minimum atomic E-state index is -1.19. The summed E-state index contributed by atoms with van der Waals surface area (Å²) in [4.78, 5) is 15.2. The van der Waals surface area contributed by atoms with Crippen LogP contribution in [0.3, 0.4) is 0 Å². The minimum Gasteiger partial charge on any atom is -0.394 e. The molecule has 0 spiro atoms. The second-order valence-electron chi connectivity index (χ2n) is 7.66. The Balaban J connectivity index is 1.45. The number of ether oxygens (including phenoxy) is 1. The molecule has 6 atom stereocenters. The normalized spacial score (nSPS) is 39.0. The predicted molar refractivity (Wildman–Crippen MR) is 102 cm³/mol. The third-order valence-electron chi connectivity index (χ3n) is 6.18. The average Bonchev–Trinajstić information content (AvgIpc) is 3.39. The van der Waals surface area contributed by atoms with E-state index in [9.17, 15) is 15.3 Å². The molecule has 1 saturated heterocycles. The molecule has 3 aliphatic heterocycles. The zero-order valence-corrected chi connectivity index (χ0v) is 15.2. The first kappa shape index (κ1) is 17.9. The van der Waals surface area contributed by atoms with Gasteiger partial charge in [0.05, 0.1) is 6.61 Å². The van der Waals surface area contributed by atoms with Crippen LogP contribution in [0.5, 0.6) is 0 Å². The topological polar surface area (TPSA) is 136 Å². The van der Waals surface area contributed by atoms with Gasteiger partial charge in [-0.15, -0.1) is 0 Å². The van der Waals surface area contributed by atoms with Crippen LogP contribution in [0.15, 0.2) is 39.2 Å². The number of hydrogen-bond donors (Lipinski definition) is 4. The molecule has 1 unspecified atom stereocenters. The van der Waals surface area contributed by atoms with Crippen LogP contribution in [-0.4, -0.2) is 81.6 Å². The molecule has 0 bridgehead atoms. The first-order valence-electron chi connectivity index (χ1n) is 9.47. The van der Waals surface area contributed by atoms with Crippen molar-refractivity contribution in [2.45, 2.75) is 49.0 Å². The van der Waals surface area contributed by atoms with Gasteiger partial charge in [0, 0.05) is 5.92 Å². The molecule has 28 heavy (non-hydrogen) atoms. The van der Waals surface area contributed by atoms with Gasteiger partial charge in [0.2, 0.25) is 0 Å². The molecule has 1 aromatic carbocycles. The summed E-state index contributed by atoms with van der Waals surface area (Å²) in [7, 11) is 0. The van der Waals surface area contributed by atoms with Crippen molar-refractivity contribution < 1.29 is 20.1 Å². The van der Waals surface area contributed by atoms with E-state index in [1.54, 1.807) is 4.90 Å². The molecule has 148 valence electrons. The fourth-order valence-electron chi connectivity index (χ4n) is 4.71. The van der Waals surface area contributed by atoms with Crippen molar-refractivity contribution in [2.24, 2.45) is 20.7 Å². The number of rotatable bonds is 3. The summed E-state index contributed by atoms with van der Waals surface area (Å²) in [6, 6.07) is 8.23. The highest BCUT2D eigenvalue weighted by Crippen LogP contribution is 2.42. The van der Waals surface area contributed by atoms with Crippen LogP contribution < -0.4 is 5.73 Å². The lowest BCUT2D eigenvalue weighted by molar-refractivity contribution is -0.0688. The summed E-state index contributed by atoms with van der Waals surface area (Å²) >= 11 is 0. The summed E-state index contributed by atoms with van der Waals surface area (Å²) in [5.41, 5.74) is 8.78. The Morgan fingerprint density at radius 2 is 2.07 bits per heavy atom. The summed E-state index contributed by atoms with van der Waals surface area (Å²) in [5.74, 6) is 0.478. The first-order valence-corrected chi connectivity index (χ1v) is 9.47. The van der Waals surface area contributed by atoms with Crippen LogP contribution in [0.1, 0.15) is 23.5 Å². The molecule has 5 rings (SSSR count). The van der Waals surface area contributed by atoms with E-state index in [-0.39, 0.29) is 19.2 Å². The molecule has 0 amide bonds. The van der Waals surface area contributed by atoms with E-state index < -0.39 is 30.2 Å². The molecule has 3 heterocycles. The molecule has 5 N–H and O–H groups in total. The monoisotopic (exact) mass is 385 g/mol. The average molecular weight is 385 g/mol. The lowest BCUT2D eigenvalue weighted by Gasteiger charge is -2.36. The van der Waals surface area contributed by atoms with Gasteiger partial charge in [0.25, 0.3) is 0 Å². The fourth-order valence-corrected chi connectivity index (χ4v) is 4.71. The maximum atomic E-state index is 10.4. The zero-order chi connectivity index (χ0) is 19.5. The van der Waals surface area contributed by atoms with E-state index in [0.717, 1.165) is 12.8 Å². The lowest BCUT2D eigenvalue weighted by atomic mass is 9.83. The summed E-state index contributed by atoms with van der Waals surface area (Å²) in [6.07, 6.45) is -0.838. The molecule has 0 radical (unpaired) electrons. The molecule has 4 aliphatic rings. The number of aliphatic hydroxyl groups excluding tert-OH is 3. The number of benzene rings is 1. The Hall–Kier alpha value is -2.17. The van der Waals surface area contributed by atoms with Crippen LogP contribution >= 0.6 is 0 Å². The number of nitrogens with two attached hydrogens (primary N) is 1. The maximum Gasteiger partial charge on any atom is 0.162 e. The van der Waals surface area contributed by atoms with Gasteiger partial charge in [-0.2, -0.15) is 0 Å². The van der Waals surface area contributed by atoms with Crippen molar-refractivity contribution in [1.82, 2.24) is 4.90 Å². The van der Waals surface area contributed by atoms with Gasteiger partial charge < -0.3 is 30.7 Å². The summed E-state index contributed by atoms with van der Waals surface area (Å²) < 4.78 is 5.65. The maximum absolute atomic E-state index is 10.4.